The summed E-state index contributed by atoms with van der Waals surface area (Å²) in [6.45, 7) is 4.79. The fourth-order valence-electron chi connectivity index (χ4n) is 2.96. The lowest BCUT2D eigenvalue weighted by atomic mass is 9.96. The van der Waals surface area contributed by atoms with E-state index in [0.29, 0.717) is 18.2 Å². The van der Waals surface area contributed by atoms with E-state index in [9.17, 15) is 4.79 Å². The fourth-order valence-corrected chi connectivity index (χ4v) is 4.11. The molecule has 0 radical (unpaired) electrons. The number of nitrogens with one attached hydrogen (secondary N) is 1. The third-order valence-corrected chi connectivity index (χ3v) is 5.45. The van der Waals surface area contributed by atoms with Gasteiger partial charge in [-0.1, -0.05) is 13.8 Å². The van der Waals surface area contributed by atoms with Gasteiger partial charge in [-0.15, -0.1) is 11.3 Å². The van der Waals surface area contributed by atoms with E-state index in [1.165, 1.54) is 35.3 Å². The lowest BCUT2D eigenvalue weighted by Crippen LogP contribution is -2.25. The van der Waals surface area contributed by atoms with Crippen LogP contribution in [-0.4, -0.2) is 15.7 Å². The molecule has 0 aliphatic heterocycles. The molecular formula is C17H23N3OS. The Morgan fingerprint density at radius 3 is 2.91 bits per heavy atom. The highest BCUT2D eigenvalue weighted by Crippen LogP contribution is 2.30. The highest BCUT2D eigenvalue weighted by Gasteiger charge is 2.18. The highest BCUT2D eigenvalue weighted by atomic mass is 32.1. The first-order chi connectivity index (χ1) is 10.6. The maximum Gasteiger partial charge on any atom is 0.269 e. The Hall–Kier alpha value is -1.62. The van der Waals surface area contributed by atoms with Crippen LogP contribution in [0.2, 0.25) is 0 Å². The number of carbonyl (C=O) groups is 1. The minimum absolute atomic E-state index is 0.0438. The molecule has 0 aromatic carbocycles. The summed E-state index contributed by atoms with van der Waals surface area (Å²) in [7, 11) is 1.83. The van der Waals surface area contributed by atoms with Gasteiger partial charge in [0, 0.05) is 18.5 Å². The van der Waals surface area contributed by atoms with E-state index in [-0.39, 0.29) is 5.91 Å². The first-order valence-electron chi connectivity index (χ1n) is 7.96. The molecule has 2 aromatic rings. The molecule has 1 aliphatic rings. The molecule has 0 saturated carbocycles. The molecule has 0 bridgehead atoms. The molecule has 0 fully saturated rings. The Bertz CT molecular complexity index is 684. The lowest BCUT2D eigenvalue weighted by molar-refractivity contribution is 0.0941. The molecule has 4 nitrogen and oxygen atoms in total. The van der Waals surface area contributed by atoms with Crippen molar-refractivity contribution in [1.29, 1.82) is 0 Å². The van der Waals surface area contributed by atoms with E-state index in [1.54, 1.807) is 4.68 Å². The number of hydrogen-bond acceptors (Lipinski definition) is 3. The SMILES string of the molecule is CC(C)c1cc(C(=O)NCc2csc3c2CCCC3)n(C)n1. The van der Waals surface area contributed by atoms with Gasteiger partial charge in [0.15, 0.2) is 0 Å². The lowest BCUT2D eigenvalue weighted by Gasteiger charge is -2.13. The quantitative estimate of drug-likeness (QED) is 0.939. The van der Waals surface area contributed by atoms with Gasteiger partial charge in [0.25, 0.3) is 5.91 Å². The molecule has 2 heterocycles. The standard InChI is InChI=1S/C17H23N3OS/c1-11(2)14-8-15(20(3)19-14)17(21)18-9-12-10-22-16-7-5-4-6-13(12)16/h8,10-11H,4-7,9H2,1-3H3,(H,18,21). The Kier molecular flexibility index (Phi) is 4.34. The van der Waals surface area contributed by atoms with E-state index in [2.05, 4.69) is 29.6 Å². The molecule has 1 amide bonds. The van der Waals surface area contributed by atoms with Gasteiger partial charge in [0.1, 0.15) is 5.69 Å². The summed E-state index contributed by atoms with van der Waals surface area (Å²) in [6, 6.07) is 1.89. The van der Waals surface area contributed by atoms with Crippen molar-refractivity contribution in [3.8, 4) is 0 Å². The van der Waals surface area contributed by atoms with Crippen LogP contribution in [0.3, 0.4) is 0 Å². The second-order valence-electron chi connectivity index (χ2n) is 6.29. The maximum atomic E-state index is 12.4. The van der Waals surface area contributed by atoms with Crippen LogP contribution < -0.4 is 5.32 Å². The summed E-state index contributed by atoms with van der Waals surface area (Å²) in [5.74, 6) is 0.286. The number of fused-ring (bicyclic) bond motifs is 1. The van der Waals surface area contributed by atoms with E-state index < -0.39 is 0 Å². The van der Waals surface area contributed by atoms with Crippen LogP contribution in [0, 0.1) is 0 Å². The number of aryl methyl sites for hydroxylation is 2. The molecule has 0 saturated heterocycles. The van der Waals surface area contributed by atoms with Crippen molar-refractivity contribution < 1.29 is 4.79 Å². The monoisotopic (exact) mass is 317 g/mol. The summed E-state index contributed by atoms with van der Waals surface area (Å²) in [4.78, 5) is 13.9. The average molecular weight is 317 g/mol. The topological polar surface area (TPSA) is 46.9 Å². The third kappa shape index (κ3) is 2.95. The largest absolute Gasteiger partial charge is 0.347 e. The highest BCUT2D eigenvalue weighted by molar-refractivity contribution is 7.10. The van der Waals surface area contributed by atoms with Crippen LogP contribution in [0.25, 0.3) is 0 Å². The van der Waals surface area contributed by atoms with Gasteiger partial charge in [0.05, 0.1) is 5.69 Å². The number of aromatic nitrogens is 2. The molecule has 5 heteroatoms. The van der Waals surface area contributed by atoms with Gasteiger partial charge >= 0.3 is 0 Å². The van der Waals surface area contributed by atoms with Gasteiger partial charge in [-0.25, -0.2) is 0 Å². The zero-order valence-corrected chi connectivity index (χ0v) is 14.3. The maximum absolute atomic E-state index is 12.4. The first kappa shape index (κ1) is 15.3. The number of rotatable bonds is 4. The van der Waals surface area contributed by atoms with Crippen LogP contribution in [0.4, 0.5) is 0 Å². The summed E-state index contributed by atoms with van der Waals surface area (Å²) >= 11 is 1.84. The molecule has 0 unspecified atom stereocenters. The number of nitrogens with zero attached hydrogens (tertiary/aromatic N) is 2. The van der Waals surface area contributed by atoms with Crippen LogP contribution in [-0.2, 0) is 26.4 Å². The molecule has 22 heavy (non-hydrogen) atoms. The molecule has 1 N–H and O–H groups in total. The van der Waals surface area contributed by atoms with E-state index in [1.807, 2.05) is 24.5 Å². The van der Waals surface area contributed by atoms with Gasteiger partial charge in [-0.2, -0.15) is 5.10 Å². The smallest absolute Gasteiger partial charge is 0.269 e. The van der Waals surface area contributed by atoms with E-state index in [4.69, 9.17) is 0 Å². The predicted molar refractivity (Wildman–Crippen MR) is 89.4 cm³/mol. The van der Waals surface area contributed by atoms with Crippen molar-refractivity contribution in [2.45, 2.75) is 52.0 Å². The molecule has 2 aromatic heterocycles. The van der Waals surface area contributed by atoms with Crippen molar-refractivity contribution in [2.24, 2.45) is 7.05 Å². The normalized spacial score (nSPS) is 14.2. The van der Waals surface area contributed by atoms with Gasteiger partial charge in [0.2, 0.25) is 0 Å². The second kappa shape index (κ2) is 6.24. The zero-order chi connectivity index (χ0) is 15.7. The number of thiophene rings is 1. The van der Waals surface area contributed by atoms with E-state index >= 15 is 0 Å². The molecule has 0 atom stereocenters. The van der Waals surface area contributed by atoms with Crippen LogP contribution in [0.1, 0.15) is 64.8 Å². The van der Waals surface area contributed by atoms with Crippen molar-refractivity contribution in [3.05, 3.63) is 38.8 Å². The van der Waals surface area contributed by atoms with Crippen molar-refractivity contribution in [2.75, 3.05) is 0 Å². The summed E-state index contributed by atoms with van der Waals surface area (Å²) in [5.41, 5.74) is 4.36. The third-order valence-electron chi connectivity index (χ3n) is 4.31. The van der Waals surface area contributed by atoms with Gasteiger partial charge < -0.3 is 5.32 Å². The predicted octanol–water partition coefficient (Wildman–Crippen LogP) is 3.41. The Morgan fingerprint density at radius 1 is 1.41 bits per heavy atom. The Labute approximate surface area is 135 Å². The van der Waals surface area contributed by atoms with Crippen LogP contribution >= 0.6 is 11.3 Å². The van der Waals surface area contributed by atoms with Crippen molar-refractivity contribution in [1.82, 2.24) is 15.1 Å². The molecule has 118 valence electrons. The molecule has 3 rings (SSSR count). The number of amides is 1. The van der Waals surface area contributed by atoms with E-state index in [0.717, 1.165) is 12.1 Å². The van der Waals surface area contributed by atoms with Gasteiger partial charge in [-0.3, -0.25) is 9.48 Å². The second-order valence-corrected chi connectivity index (χ2v) is 7.25. The summed E-state index contributed by atoms with van der Waals surface area (Å²) in [6.07, 6.45) is 4.93. The molecular weight excluding hydrogens is 294 g/mol. The average Bonchev–Trinajstić information content (AvgIpc) is 3.08. The first-order valence-corrected chi connectivity index (χ1v) is 8.84. The van der Waals surface area contributed by atoms with Crippen molar-refractivity contribution in [3.63, 3.8) is 0 Å². The summed E-state index contributed by atoms with van der Waals surface area (Å²) < 4.78 is 1.67. The Morgan fingerprint density at radius 2 is 2.18 bits per heavy atom. The zero-order valence-electron chi connectivity index (χ0n) is 13.5. The van der Waals surface area contributed by atoms with Gasteiger partial charge in [-0.05, 0) is 54.2 Å². The van der Waals surface area contributed by atoms with Crippen molar-refractivity contribution >= 4 is 17.2 Å². The summed E-state index contributed by atoms with van der Waals surface area (Å²) in [5, 5.41) is 9.66. The molecule has 1 aliphatic carbocycles. The Balaban J connectivity index is 1.69. The van der Waals surface area contributed by atoms with Crippen LogP contribution in [0.5, 0.6) is 0 Å². The molecule has 0 spiro atoms. The number of hydrogen-bond donors (Lipinski definition) is 1. The number of carbonyl (C=O) groups excluding carboxylic acids is 1. The fraction of sp³-hybridized carbons (Fsp3) is 0.529. The minimum atomic E-state index is -0.0438. The van der Waals surface area contributed by atoms with Crippen LogP contribution in [0.15, 0.2) is 11.4 Å². The minimum Gasteiger partial charge on any atom is -0.347 e.